The van der Waals surface area contributed by atoms with Crippen LogP contribution in [0.3, 0.4) is 0 Å². The van der Waals surface area contributed by atoms with Crippen molar-refractivity contribution in [1.82, 2.24) is 0 Å². The van der Waals surface area contributed by atoms with Crippen LogP contribution in [0.25, 0.3) is 0 Å². The Hall–Kier alpha value is 0.327. The molecule has 0 aromatic rings. The molecule has 0 aromatic heterocycles. The first-order chi connectivity index (χ1) is 2.00. The molecule has 0 aliphatic heterocycles. The zero-order chi connectivity index (χ0) is 4.00. The normalized spacial score (nSPS) is 1.00. The summed E-state index contributed by atoms with van der Waals surface area (Å²) in [6.07, 6.45) is 0. The molecule has 0 spiro atoms. The van der Waals surface area contributed by atoms with Crippen LogP contribution in [0.2, 0.25) is 0 Å². The van der Waals surface area contributed by atoms with Gasteiger partial charge in [-0.3, -0.25) is 13.6 Å². The molecule has 0 saturated carbocycles. The van der Waals surface area contributed by atoms with Crippen molar-refractivity contribution in [2.45, 2.75) is 0 Å². The van der Waals surface area contributed by atoms with Crippen LogP contribution in [0.1, 0.15) is 0 Å². The summed E-state index contributed by atoms with van der Waals surface area (Å²) in [6, 6.07) is 0. The van der Waals surface area contributed by atoms with E-state index >= 15 is 0 Å². The summed E-state index contributed by atoms with van der Waals surface area (Å²) in [5, 5.41) is 0. The summed E-state index contributed by atoms with van der Waals surface area (Å²) in [5.74, 6) is 0. The van der Waals surface area contributed by atoms with E-state index in [1.165, 1.54) is 0 Å². The largest absolute Gasteiger partial charge is 2.00 e. The monoisotopic (exact) mass is 204 g/mol. The average molecular weight is 205 g/mol. The summed E-state index contributed by atoms with van der Waals surface area (Å²) in [7, 11) is 0. The zero-order valence-corrected chi connectivity index (χ0v) is 6.58. The summed E-state index contributed by atoms with van der Waals surface area (Å²) < 4.78 is 0. The van der Waals surface area contributed by atoms with Crippen LogP contribution in [0.5, 0.6) is 0 Å². The van der Waals surface area contributed by atoms with E-state index in [-0.39, 0.29) is 47.8 Å². The van der Waals surface area contributed by atoms with Gasteiger partial charge in [-0.1, -0.05) is 0 Å². The molecule has 0 radical (unpaired) electrons. The average Bonchev–Trinajstić information content (AvgIpc) is 1.50. The van der Waals surface area contributed by atoms with Gasteiger partial charge in [-0.05, 0) is 0 Å². The van der Waals surface area contributed by atoms with E-state index in [0.717, 1.165) is 0 Å². The maximum atomic E-state index is 7.75. The molecule has 2 nitrogen and oxygen atoms in total. The molecule has 0 aliphatic rings. The first-order valence-corrected chi connectivity index (χ1v) is 0.471. The minimum Gasteiger partial charge on any atom is -0.545 e. The Kier molecular flexibility index (Phi) is 28300. The Morgan fingerprint density at radius 2 is 0.625 bits per heavy atom. The van der Waals surface area contributed by atoms with E-state index in [9.17, 15) is 0 Å². The number of hydrogen-bond donors (Lipinski definition) is 0. The molecule has 4 heteroatoms. The van der Waals surface area contributed by atoms with Crippen LogP contribution in [-0.2, 0) is 42.6 Å². The van der Waals surface area contributed by atoms with Gasteiger partial charge in [0.25, 0.3) is 0 Å². The Morgan fingerprint density at radius 1 is 0.625 bits per heavy atom. The van der Waals surface area contributed by atoms with Gasteiger partial charge in [0.1, 0.15) is 0 Å². The smallest absolute Gasteiger partial charge is 0.545 e. The topological polar surface area (TPSA) is 34.1 Å². The van der Waals surface area contributed by atoms with Crippen molar-refractivity contribution in [1.29, 1.82) is 0 Å². The van der Waals surface area contributed by atoms with Crippen LogP contribution in [0.15, 0.2) is 0 Å². The molecule has 0 saturated heterocycles. The molecule has 56 valence electrons. The van der Waals surface area contributed by atoms with E-state index < -0.39 is 0 Å². The van der Waals surface area contributed by atoms with Crippen LogP contribution in [0.4, 0.5) is 0 Å². The molecular weight excluding hydrogens is 197 g/mol. The predicted octanol–water partition coefficient (Wildman–Crippen LogP) is 0.347. The second-order valence-electron chi connectivity index (χ2n) is 0. The summed E-state index contributed by atoms with van der Waals surface area (Å²) in [6.45, 7) is 6.50. The molecule has 0 atom stereocenters. The SMILES string of the molecule is [CH-]=O.[CH-]=O.[CH3-].[CH3-].[Ni+2].[Ni+2]. The minimum atomic E-state index is 0. The standard InChI is InChI=1S/2CHO.2CH3.2Ni/c2*1-2;;;;/h2*1H;2*1H3;;/q4*-1;2*+2. The van der Waals surface area contributed by atoms with Gasteiger partial charge in [0.05, 0.1) is 0 Å². The van der Waals surface area contributed by atoms with Gasteiger partial charge in [-0.15, -0.1) is 0 Å². The van der Waals surface area contributed by atoms with Gasteiger partial charge in [0.15, 0.2) is 0 Å². The van der Waals surface area contributed by atoms with E-state index in [0.29, 0.717) is 0 Å². The molecule has 0 amide bonds. The second-order valence-corrected chi connectivity index (χ2v) is 0. The van der Waals surface area contributed by atoms with Crippen LogP contribution in [-0.4, -0.2) is 13.6 Å². The molecule has 8 heavy (non-hydrogen) atoms. The second kappa shape index (κ2) is 2740. The Labute approximate surface area is 71.3 Å². The van der Waals surface area contributed by atoms with Crippen molar-refractivity contribution in [3.05, 3.63) is 14.9 Å². The molecule has 0 unspecified atom stereocenters. The number of rotatable bonds is 0. The molecule has 0 rings (SSSR count). The summed E-state index contributed by atoms with van der Waals surface area (Å²) in [5.41, 5.74) is 0. The third-order valence-electron chi connectivity index (χ3n) is 0. The number of hydrogen-bond acceptors (Lipinski definition) is 2. The van der Waals surface area contributed by atoms with Crippen LogP contribution >= 0.6 is 0 Å². The maximum Gasteiger partial charge on any atom is 2.00 e. The Balaban J connectivity index is -0.00000000167. The van der Waals surface area contributed by atoms with Crippen molar-refractivity contribution < 1.29 is 42.6 Å². The van der Waals surface area contributed by atoms with Crippen molar-refractivity contribution in [2.75, 3.05) is 0 Å². The molecule has 0 fully saturated rings. The van der Waals surface area contributed by atoms with Gasteiger partial charge >= 0.3 is 33.0 Å². The maximum absolute atomic E-state index is 7.75. The van der Waals surface area contributed by atoms with Gasteiger partial charge in [0, 0.05) is 0 Å². The fourth-order valence-corrected chi connectivity index (χ4v) is 0. The fourth-order valence-electron chi connectivity index (χ4n) is 0. The van der Waals surface area contributed by atoms with E-state index in [1.54, 1.807) is 0 Å². The first-order valence-electron chi connectivity index (χ1n) is 0.471. The first kappa shape index (κ1) is 82.6. The van der Waals surface area contributed by atoms with Crippen LogP contribution in [0, 0.1) is 14.9 Å². The van der Waals surface area contributed by atoms with Crippen molar-refractivity contribution in [3.8, 4) is 0 Å². The summed E-state index contributed by atoms with van der Waals surface area (Å²) in [4.78, 5) is 15.5. The molecule has 0 aliphatic carbocycles. The quantitative estimate of drug-likeness (QED) is 0.325. The zero-order valence-electron chi connectivity index (χ0n) is 4.60. The van der Waals surface area contributed by atoms with E-state index in [1.807, 2.05) is 0 Å². The summed E-state index contributed by atoms with van der Waals surface area (Å²) >= 11 is 0. The predicted molar refractivity (Wildman–Crippen MR) is 26.3 cm³/mol. The van der Waals surface area contributed by atoms with Gasteiger partial charge in [0.2, 0.25) is 0 Å². The van der Waals surface area contributed by atoms with Gasteiger partial charge < -0.3 is 24.4 Å². The molecule has 0 heterocycles. The third-order valence-corrected chi connectivity index (χ3v) is 0. The van der Waals surface area contributed by atoms with E-state index in [2.05, 4.69) is 13.6 Å². The van der Waals surface area contributed by atoms with Crippen LogP contribution < -0.4 is 0 Å². The third kappa shape index (κ3) is 1680. The van der Waals surface area contributed by atoms with E-state index in [4.69, 9.17) is 9.59 Å². The van der Waals surface area contributed by atoms with Crippen molar-refractivity contribution >= 4 is 13.6 Å². The Morgan fingerprint density at radius 3 is 0.625 bits per heavy atom. The molecule has 0 aromatic carbocycles. The number of carbonyl (C=O) groups excluding carboxylic acids is 2. The molecule has 0 bridgehead atoms. The van der Waals surface area contributed by atoms with Gasteiger partial charge in [-0.25, -0.2) is 0 Å². The minimum absolute atomic E-state index is 0. The van der Waals surface area contributed by atoms with Gasteiger partial charge in [-0.2, -0.15) is 0 Å². The molecular formula is C4H8Ni2O2. The molecule has 0 N–H and O–H groups in total. The fraction of sp³-hybridized carbons (Fsp3) is 0. The van der Waals surface area contributed by atoms with Crippen molar-refractivity contribution in [2.24, 2.45) is 0 Å². The van der Waals surface area contributed by atoms with Crippen molar-refractivity contribution in [3.63, 3.8) is 0 Å². The Bertz CT molecular complexity index is 14.0.